The normalized spacial score (nSPS) is 15.0. The van der Waals surface area contributed by atoms with E-state index in [-0.39, 0.29) is 18.2 Å². The molecule has 2 rings (SSSR count). The minimum atomic E-state index is -0.644. The van der Waals surface area contributed by atoms with Crippen molar-refractivity contribution in [1.29, 1.82) is 0 Å². The number of amides is 2. The zero-order valence-electron chi connectivity index (χ0n) is 11.5. The molecular weight excluding hydrogens is 297 g/mol. The molecule has 21 heavy (non-hydrogen) atoms. The van der Waals surface area contributed by atoms with Crippen molar-refractivity contribution in [2.24, 2.45) is 0 Å². The van der Waals surface area contributed by atoms with Crippen LogP contribution in [0.2, 0.25) is 0 Å². The SMILES string of the molecule is O=C(NCCCl)C(=O)N1CCN(c2ccccc2F)CC1. The number of para-hydroxylation sites is 1. The first-order chi connectivity index (χ1) is 10.1. The summed E-state index contributed by atoms with van der Waals surface area (Å²) in [5.74, 6) is -1.22. The molecule has 1 aliphatic rings. The lowest BCUT2D eigenvalue weighted by Gasteiger charge is -2.35. The number of piperazine rings is 1. The van der Waals surface area contributed by atoms with Gasteiger partial charge in [-0.05, 0) is 12.1 Å². The zero-order valence-corrected chi connectivity index (χ0v) is 12.3. The third kappa shape index (κ3) is 3.85. The fourth-order valence-corrected chi connectivity index (χ4v) is 2.33. The third-order valence-electron chi connectivity index (χ3n) is 3.33. The fraction of sp³-hybridized carbons (Fsp3) is 0.429. The van der Waals surface area contributed by atoms with E-state index in [4.69, 9.17) is 11.6 Å². The number of hydrogen-bond acceptors (Lipinski definition) is 3. The van der Waals surface area contributed by atoms with Crippen molar-refractivity contribution in [2.75, 3.05) is 43.5 Å². The summed E-state index contributed by atoms with van der Waals surface area (Å²) in [6.07, 6.45) is 0. The molecule has 0 aromatic heterocycles. The van der Waals surface area contributed by atoms with Crippen LogP contribution in [0.5, 0.6) is 0 Å². The Hall–Kier alpha value is -1.82. The molecule has 5 nitrogen and oxygen atoms in total. The van der Waals surface area contributed by atoms with E-state index in [0.717, 1.165) is 0 Å². The Morgan fingerprint density at radius 3 is 2.48 bits per heavy atom. The zero-order chi connectivity index (χ0) is 15.2. The molecule has 1 aliphatic heterocycles. The lowest BCUT2D eigenvalue weighted by molar-refractivity contribution is -0.146. The van der Waals surface area contributed by atoms with Crippen LogP contribution in [0.1, 0.15) is 0 Å². The van der Waals surface area contributed by atoms with E-state index in [1.54, 1.807) is 18.2 Å². The minimum absolute atomic E-state index is 0.264. The van der Waals surface area contributed by atoms with Crippen LogP contribution in [0.15, 0.2) is 24.3 Å². The first-order valence-corrected chi connectivity index (χ1v) is 7.29. The number of carbonyl (C=O) groups is 2. The van der Waals surface area contributed by atoms with Crippen molar-refractivity contribution in [3.8, 4) is 0 Å². The molecule has 2 amide bonds. The highest BCUT2D eigenvalue weighted by Crippen LogP contribution is 2.20. The molecule has 7 heteroatoms. The second-order valence-corrected chi connectivity index (χ2v) is 5.05. The first kappa shape index (κ1) is 15.6. The maximum Gasteiger partial charge on any atom is 0.312 e. The summed E-state index contributed by atoms with van der Waals surface area (Å²) >= 11 is 5.46. The van der Waals surface area contributed by atoms with E-state index in [1.165, 1.54) is 11.0 Å². The van der Waals surface area contributed by atoms with E-state index >= 15 is 0 Å². The van der Waals surface area contributed by atoms with Crippen molar-refractivity contribution in [2.45, 2.75) is 0 Å². The number of anilines is 1. The van der Waals surface area contributed by atoms with Crippen LogP contribution < -0.4 is 10.2 Å². The summed E-state index contributed by atoms with van der Waals surface area (Å²) in [6, 6.07) is 6.53. The third-order valence-corrected chi connectivity index (χ3v) is 3.52. The monoisotopic (exact) mass is 313 g/mol. The van der Waals surface area contributed by atoms with Gasteiger partial charge in [-0.1, -0.05) is 12.1 Å². The number of nitrogens with zero attached hydrogens (tertiary/aromatic N) is 2. The van der Waals surface area contributed by atoms with Gasteiger partial charge in [0.2, 0.25) is 0 Å². The van der Waals surface area contributed by atoms with Gasteiger partial charge >= 0.3 is 11.8 Å². The molecule has 1 aromatic rings. The van der Waals surface area contributed by atoms with Gasteiger partial charge in [0, 0.05) is 38.6 Å². The highest BCUT2D eigenvalue weighted by molar-refractivity contribution is 6.35. The molecule has 1 heterocycles. The predicted octanol–water partition coefficient (Wildman–Crippen LogP) is 0.829. The van der Waals surface area contributed by atoms with Gasteiger partial charge in [0.15, 0.2) is 0 Å². The molecular formula is C14H17ClFN3O2. The van der Waals surface area contributed by atoms with E-state index in [1.807, 2.05) is 4.90 Å². The number of rotatable bonds is 3. The van der Waals surface area contributed by atoms with E-state index in [0.29, 0.717) is 31.9 Å². The van der Waals surface area contributed by atoms with Gasteiger partial charge in [-0.25, -0.2) is 4.39 Å². The second kappa shape index (κ2) is 7.26. The first-order valence-electron chi connectivity index (χ1n) is 6.76. The molecule has 1 fully saturated rings. The summed E-state index contributed by atoms with van der Waals surface area (Å²) < 4.78 is 13.7. The van der Waals surface area contributed by atoms with Crippen LogP contribution >= 0.6 is 11.6 Å². The standard InChI is InChI=1S/C14H17ClFN3O2/c15-5-6-17-13(20)14(21)19-9-7-18(8-10-19)12-4-2-1-3-11(12)16/h1-4H,5-10H2,(H,17,20). The molecule has 0 bridgehead atoms. The summed E-state index contributed by atoms with van der Waals surface area (Å²) in [5, 5.41) is 2.45. The molecule has 0 saturated carbocycles. The Kier molecular flexibility index (Phi) is 5.38. The van der Waals surface area contributed by atoms with Gasteiger partial charge in [-0.15, -0.1) is 11.6 Å². The molecule has 0 atom stereocenters. The highest BCUT2D eigenvalue weighted by Gasteiger charge is 2.26. The summed E-state index contributed by atoms with van der Waals surface area (Å²) in [7, 11) is 0. The maximum atomic E-state index is 13.7. The summed E-state index contributed by atoms with van der Waals surface area (Å²) in [5.41, 5.74) is 0.524. The number of benzene rings is 1. The van der Waals surface area contributed by atoms with Crippen LogP contribution in [-0.2, 0) is 9.59 Å². The van der Waals surface area contributed by atoms with E-state index in [9.17, 15) is 14.0 Å². The lowest BCUT2D eigenvalue weighted by atomic mass is 10.2. The van der Waals surface area contributed by atoms with Crippen molar-refractivity contribution in [3.63, 3.8) is 0 Å². The van der Waals surface area contributed by atoms with Gasteiger partial charge in [0.25, 0.3) is 0 Å². The van der Waals surface area contributed by atoms with Crippen molar-refractivity contribution >= 4 is 29.1 Å². The maximum absolute atomic E-state index is 13.7. The molecule has 114 valence electrons. The van der Waals surface area contributed by atoms with Crippen LogP contribution in [0, 0.1) is 5.82 Å². The topological polar surface area (TPSA) is 52.7 Å². The van der Waals surface area contributed by atoms with Crippen LogP contribution in [0.25, 0.3) is 0 Å². The van der Waals surface area contributed by atoms with Gasteiger partial charge in [0.05, 0.1) is 5.69 Å². The number of carbonyl (C=O) groups excluding carboxylic acids is 2. The molecule has 0 unspecified atom stereocenters. The average molecular weight is 314 g/mol. The lowest BCUT2D eigenvalue weighted by Crippen LogP contribution is -2.53. The Labute approximate surface area is 127 Å². The molecule has 1 aromatic carbocycles. The number of nitrogens with one attached hydrogen (secondary N) is 1. The Morgan fingerprint density at radius 2 is 1.86 bits per heavy atom. The fourth-order valence-electron chi connectivity index (χ4n) is 2.24. The largest absolute Gasteiger partial charge is 0.366 e. The predicted molar refractivity (Wildman–Crippen MR) is 78.9 cm³/mol. The summed E-state index contributed by atoms with van der Waals surface area (Å²) in [4.78, 5) is 26.8. The molecule has 1 N–H and O–H groups in total. The summed E-state index contributed by atoms with van der Waals surface area (Å²) in [6.45, 7) is 2.04. The quantitative estimate of drug-likeness (QED) is 0.664. The average Bonchev–Trinajstić information content (AvgIpc) is 2.52. The number of halogens is 2. The Morgan fingerprint density at radius 1 is 1.19 bits per heavy atom. The Bertz CT molecular complexity index is 519. The van der Waals surface area contributed by atoms with Crippen LogP contribution in [0.4, 0.5) is 10.1 Å². The van der Waals surface area contributed by atoms with Crippen molar-refractivity contribution < 1.29 is 14.0 Å². The molecule has 0 spiro atoms. The molecule has 0 aliphatic carbocycles. The smallest absolute Gasteiger partial charge is 0.312 e. The molecule has 0 radical (unpaired) electrons. The van der Waals surface area contributed by atoms with Gasteiger partial charge in [-0.3, -0.25) is 9.59 Å². The highest BCUT2D eigenvalue weighted by atomic mass is 35.5. The van der Waals surface area contributed by atoms with Gasteiger partial charge in [-0.2, -0.15) is 0 Å². The number of hydrogen-bond donors (Lipinski definition) is 1. The van der Waals surface area contributed by atoms with Crippen molar-refractivity contribution in [3.05, 3.63) is 30.1 Å². The van der Waals surface area contributed by atoms with Gasteiger partial charge in [0.1, 0.15) is 5.82 Å². The minimum Gasteiger partial charge on any atom is -0.366 e. The van der Waals surface area contributed by atoms with Crippen LogP contribution in [0.3, 0.4) is 0 Å². The van der Waals surface area contributed by atoms with E-state index in [2.05, 4.69) is 5.32 Å². The Balaban J connectivity index is 1.90. The van der Waals surface area contributed by atoms with Gasteiger partial charge < -0.3 is 15.1 Å². The second-order valence-electron chi connectivity index (χ2n) is 4.68. The van der Waals surface area contributed by atoms with Crippen LogP contribution in [-0.4, -0.2) is 55.3 Å². The molecule has 1 saturated heterocycles. The number of alkyl halides is 1. The van der Waals surface area contributed by atoms with E-state index < -0.39 is 11.8 Å². The van der Waals surface area contributed by atoms with Crippen molar-refractivity contribution in [1.82, 2.24) is 10.2 Å².